The van der Waals surface area contributed by atoms with E-state index in [0.717, 1.165) is 64.3 Å². The molecule has 2 aliphatic heterocycles. The van der Waals surface area contributed by atoms with Gasteiger partial charge in [-0.3, -0.25) is 9.89 Å². The first-order chi connectivity index (χ1) is 13.7. The molecular formula is C21H37IN6O. The molecule has 2 fully saturated rings. The molecule has 1 aromatic rings. The van der Waals surface area contributed by atoms with Gasteiger partial charge in [0.25, 0.3) is 0 Å². The fraction of sp³-hybridized carbons (Fsp3) is 0.714. The largest absolute Gasteiger partial charge is 0.379 e. The van der Waals surface area contributed by atoms with Gasteiger partial charge in [-0.05, 0) is 30.4 Å². The molecule has 2 N–H and O–H groups in total. The van der Waals surface area contributed by atoms with E-state index in [1.54, 1.807) is 0 Å². The van der Waals surface area contributed by atoms with Crippen molar-refractivity contribution in [2.75, 3.05) is 57.9 Å². The van der Waals surface area contributed by atoms with Crippen molar-refractivity contribution in [3.63, 3.8) is 0 Å². The molecule has 164 valence electrons. The number of aromatic nitrogens is 1. The number of nitrogens with zero attached hydrogens (tertiary/aromatic N) is 4. The van der Waals surface area contributed by atoms with Crippen LogP contribution in [-0.2, 0) is 11.3 Å². The predicted octanol–water partition coefficient (Wildman–Crippen LogP) is 2.32. The van der Waals surface area contributed by atoms with E-state index in [4.69, 9.17) is 4.74 Å². The third-order valence-corrected chi connectivity index (χ3v) is 5.69. The molecule has 0 saturated carbocycles. The lowest BCUT2D eigenvalue weighted by molar-refractivity contribution is 0.00752. The van der Waals surface area contributed by atoms with Crippen molar-refractivity contribution in [1.29, 1.82) is 0 Å². The first-order valence-electron chi connectivity index (χ1n) is 10.6. The maximum atomic E-state index is 5.50. The highest BCUT2D eigenvalue weighted by molar-refractivity contribution is 14.0. The van der Waals surface area contributed by atoms with Gasteiger partial charge in [0.1, 0.15) is 5.82 Å². The van der Waals surface area contributed by atoms with Crippen LogP contribution < -0.4 is 15.5 Å². The summed E-state index contributed by atoms with van der Waals surface area (Å²) < 4.78 is 5.50. The predicted molar refractivity (Wildman–Crippen MR) is 130 cm³/mol. The van der Waals surface area contributed by atoms with Gasteiger partial charge in [0.2, 0.25) is 0 Å². The van der Waals surface area contributed by atoms with Gasteiger partial charge in [-0.2, -0.15) is 0 Å². The average Bonchev–Trinajstić information content (AvgIpc) is 3.26. The smallest absolute Gasteiger partial charge is 0.191 e. The minimum Gasteiger partial charge on any atom is -0.379 e. The fourth-order valence-corrected chi connectivity index (χ4v) is 3.96. The van der Waals surface area contributed by atoms with Crippen LogP contribution in [0.3, 0.4) is 0 Å². The van der Waals surface area contributed by atoms with Crippen LogP contribution in [0.15, 0.2) is 23.3 Å². The maximum Gasteiger partial charge on any atom is 0.191 e. The Kier molecular flexibility index (Phi) is 10.4. The van der Waals surface area contributed by atoms with Crippen molar-refractivity contribution in [3.05, 3.63) is 23.9 Å². The molecule has 3 heterocycles. The molecule has 7 nitrogen and oxygen atoms in total. The molecule has 3 rings (SSSR count). The van der Waals surface area contributed by atoms with E-state index >= 15 is 0 Å². The lowest BCUT2D eigenvalue weighted by atomic mass is 10.0. The SMILES string of the molecule is CN=C(NCc1ccc(N2CCCC2)nc1)NCC(C(C)C)N1CCOCC1.I. The number of nitrogens with one attached hydrogen (secondary N) is 2. The Balaban J connectivity index is 0.00000300. The van der Waals surface area contributed by atoms with Gasteiger partial charge in [0.15, 0.2) is 5.96 Å². The number of rotatable bonds is 7. The van der Waals surface area contributed by atoms with E-state index in [0.29, 0.717) is 12.0 Å². The number of pyridine rings is 1. The van der Waals surface area contributed by atoms with Gasteiger partial charge in [0.05, 0.1) is 13.2 Å². The Morgan fingerprint density at radius 1 is 1.14 bits per heavy atom. The molecule has 29 heavy (non-hydrogen) atoms. The van der Waals surface area contributed by atoms with Gasteiger partial charge in [-0.15, -0.1) is 24.0 Å². The minimum atomic E-state index is 0. The summed E-state index contributed by atoms with van der Waals surface area (Å²) in [6.45, 7) is 12.1. The topological polar surface area (TPSA) is 65.0 Å². The number of hydrogen-bond acceptors (Lipinski definition) is 5. The second kappa shape index (κ2) is 12.5. The second-order valence-electron chi connectivity index (χ2n) is 7.99. The zero-order chi connectivity index (χ0) is 19.8. The second-order valence-corrected chi connectivity index (χ2v) is 7.99. The average molecular weight is 516 g/mol. The zero-order valence-corrected chi connectivity index (χ0v) is 20.4. The lowest BCUT2D eigenvalue weighted by Crippen LogP contribution is -2.52. The van der Waals surface area contributed by atoms with Crippen molar-refractivity contribution in [3.8, 4) is 0 Å². The molecule has 0 radical (unpaired) electrons. The summed E-state index contributed by atoms with van der Waals surface area (Å²) >= 11 is 0. The standard InChI is InChI=1S/C21H36N6O.HI/c1-17(2)19(26-10-12-28-13-11-26)16-25-21(22-3)24-15-18-6-7-20(23-14-18)27-8-4-5-9-27;/h6-7,14,17,19H,4-5,8-13,15-16H2,1-3H3,(H2,22,24,25);1H. The van der Waals surface area contributed by atoms with E-state index in [1.165, 1.54) is 18.4 Å². The highest BCUT2D eigenvalue weighted by atomic mass is 127. The van der Waals surface area contributed by atoms with E-state index < -0.39 is 0 Å². The molecule has 2 aliphatic rings. The lowest BCUT2D eigenvalue weighted by Gasteiger charge is -2.37. The number of halogens is 1. The molecule has 8 heteroatoms. The number of anilines is 1. The van der Waals surface area contributed by atoms with Gasteiger partial charge in [0, 0.05) is 58.6 Å². The molecule has 1 atom stereocenters. The molecule has 0 aromatic carbocycles. The molecule has 0 aliphatic carbocycles. The van der Waals surface area contributed by atoms with Crippen molar-refractivity contribution in [2.45, 2.75) is 39.3 Å². The normalized spacial score (nSPS) is 19.2. The fourth-order valence-electron chi connectivity index (χ4n) is 3.96. The summed E-state index contributed by atoms with van der Waals surface area (Å²) in [5.41, 5.74) is 1.17. The minimum absolute atomic E-state index is 0. The number of hydrogen-bond donors (Lipinski definition) is 2. The van der Waals surface area contributed by atoms with Gasteiger partial charge in [-0.1, -0.05) is 19.9 Å². The quantitative estimate of drug-likeness (QED) is 0.330. The highest BCUT2D eigenvalue weighted by Crippen LogP contribution is 2.17. The first kappa shape index (κ1) is 24.1. The third kappa shape index (κ3) is 7.25. The van der Waals surface area contributed by atoms with Crippen LogP contribution in [0, 0.1) is 5.92 Å². The van der Waals surface area contributed by atoms with E-state index in [1.807, 2.05) is 13.2 Å². The van der Waals surface area contributed by atoms with Crippen molar-refractivity contribution < 1.29 is 4.74 Å². The summed E-state index contributed by atoms with van der Waals surface area (Å²) in [7, 11) is 1.82. The summed E-state index contributed by atoms with van der Waals surface area (Å²) in [5, 5.41) is 6.92. The Morgan fingerprint density at radius 2 is 1.86 bits per heavy atom. The summed E-state index contributed by atoms with van der Waals surface area (Å²) in [6.07, 6.45) is 4.52. The van der Waals surface area contributed by atoms with Crippen LogP contribution in [0.5, 0.6) is 0 Å². The summed E-state index contributed by atoms with van der Waals surface area (Å²) in [4.78, 5) is 13.9. The zero-order valence-electron chi connectivity index (χ0n) is 18.1. The summed E-state index contributed by atoms with van der Waals surface area (Å²) in [6, 6.07) is 4.76. The van der Waals surface area contributed by atoms with Crippen LogP contribution in [0.1, 0.15) is 32.3 Å². The van der Waals surface area contributed by atoms with Crippen LogP contribution in [0.2, 0.25) is 0 Å². The first-order valence-corrected chi connectivity index (χ1v) is 10.6. The Labute approximate surface area is 192 Å². The van der Waals surface area contributed by atoms with E-state index in [9.17, 15) is 0 Å². The molecule has 0 spiro atoms. The molecule has 0 bridgehead atoms. The van der Waals surface area contributed by atoms with Gasteiger partial charge < -0.3 is 20.3 Å². The molecule has 2 saturated heterocycles. The van der Waals surface area contributed by atoms with Crippen LogP contribution in [-0.4, -0.2) is 74.9 Å². The van der Waals surface area contributed by atoms with Gasteiger partial charge in [-0.25, -0.2) is 4.98 Å². The van der Waals surface area contributed by atoms with Gasteiger partial charge >= 0.3 is 0 Å². The Morgan fingerprint density at radius 3 is 2.45 bits per heavy atom. The maximum absolute atomic E-state index is 5.50. The van der Waals surface area contributed by atoms with Crippen LogP contribution >= 0.6 is 24.0 Å². The molecule has 1 unspecified atom stereocenters. The van der Waals surface area contributed by atoms with Crippen LogP contribution in [0.4, 0.5) is 5.82 Å². The Hall–Kier alpha value is -1.13. The molecule has 0 amide bonds. The number of aliphatic imine (C=N–C) groups is 1. The van der Waals surface area contributed by atoms with E-state index in [-0.39, 0.29) is 24.0 Å². The highest BCUT2D eigenvalue weighted by Gasteiger charge is 2.23. The van der Waals surface area contributed by atoms with Crippen molar-refractivity contribution in [2.24, 2.45) is 10.9 Å². The monoisotopic (exact) mass is 516 g/mol. The van der Waals surface area contributed by atoms with Crippen molar-refractivity contribution in [1.82, 2.24) is 20.5 Å². The number of morpholine rings is 1. The van der Waals surface area contributed by atoms with Crippen LogP contribution in [0.25, 0.3) is 0 Å². The van der Waals surface area contributed by atoms with E-state index in [2.05, 4.69) is 56.4 Å². The van der Waals surface area contributed by atoms with Crippen molar-refractivity contribution >= 4 is 35.8 Å². The number of ether oxygens (including phenoxy) is 1. The Bertz CT molecular complexity index is 612. The summed E-state index contributed by atoms with van der Waals surface area (Å²) in [5.74, 6) is 2.50. The third-order valence-electron chi connectivity index (χ3n) is 5.69. The molecule has 1 aromatic heterocycles. The molecular weight excluding hydrogens is 479 g/mol. The number of guanidine groups is 1.